The van der Waals surface area contributed by atoms with Gasteiger partial charge in [-0.1, -0.05) is 6.07 Å². The molecule has 0 bridgehead atoms. The van der Waals surface area contributed by atoms with Gasteiger partial charge in [-0.3, -0.25) is 9.59 Å². The molecule has 0 spiro atoms. The molecular formula is C32H36O10. The zero-order valence-corrected chi connectivity index (χ0v) is 25.3. The van der Waals surface area contributed by atoms with Gasteiger partial charge < -0.3 is 37.9 Å². The van der Waals surface area contributed by atoms with E-state index in [9.17, 15) is 9.59 Å². The van der Waals surface area contributed by atoms with Crippen molar-refractivity contribution in [1.29, 1.82) is 0 Å². The Morgan fingerprint density at radius 3 is 1.29 bits per heavy atom. The van der Waals surface area contributed by atoms with E-state index in [1.54, 1.807) is 18.2 Å². The molecule has 0 aliphatic carbocycles. The second kappa shape index (κ2) is 14.2. The molecular weight excluding hydrogens is 544 g/mol. The lowest BCUT2D eigenvalue weighted by Crippen LogP contribution is -2.15. The number of hydrogen-bond donors (Lipinski definition) is 0. The second-order valence-corrected chi connectivity index (χ2v) is 9.12. The van der Waals surface area contributed by atoms with E-state index in [1.807, 2.05) is 13.8 Å². The summed E-state index contributed by atoms with van der Waals surface area (Å²) < 4.78 is 43.9. The molecule has 10 heteroatoms. The summed E-state index contributed by atoms with van der Waals surface area (Å²) in [6, 6.07) is 11.1. The molecule has 0 N–H and O–H groups in total. The monoisotopic (exact) mass is 580 g/mol. The highest BCUT2D eigenvalue weighted by molar-refractivity contribution is 6.33. The van der Waals surface area contributed by atoms with Gasteiger partial charge >= 0.3 is 0 Å². The highest BCUT2D eigenvalue weighted by Crippen LogP contribution is 2.41. The number of hydrogen-bond acceptors (Lipinski definition) is 10. The Labute approximate surface area is 245 Å². The van der Waals surface area contributed by atoms with Crippen LogP contribution in [0.3, 0.4) is 0 Å². The van der Waals surface area contributed by atoms with Gasteiger partial charge in [-0.15, -0.1) is 0 Å². The van der Waals surface area contributed by atoms with Crippen molar-refractivity contribution in [1.82, 2.24) is 0 Å². The topological polar surface area (TPSA) is 108 Å². The fourth-order valence-corrected chi connectivity index (χ4v) is 4.27. The highest BCUT2D eigenvalue weighted by atomic mass is 16.5. The molecule has 0 fully saturated rings. The zero-order valence-electron chi connectivity index (χ0n) is 25.3. The number of rotatable bonds is 14. The average molecular weight is 581 g/mol. The van der Waals surface area contributed by atoms with E-state index < -0.39 is 11.6 Å². The predicted molar refractivity (Wildman–Crippen MR) is 158 cm³/mol. The van der Waals surface area contributed by atoms with Crippen molar-refractivity contribution >= 4 is 17.6 Å². The summed E-state index contributed by atoms with van der Waals surface area (Å²) in [4.78, 5) is 28.3. The van der Waals surface area contributed by atoms with E-state index >= 15 is 0 Å². The standard InChI is InChI=1S/C32H36O10/c1-18(2)42-24-13-19(10-11-23(24)35-3)12-22(29(33)20-14-25(36-4)31(40-8)26(15-20)37-5)30(34)21-16-27(38-6)32(41-9)28(17-21)39-7/h10-18H,1-9H3. The van der Waals surface area contributed by atoms with E-state index in [0.717, 1.165) is 0 Å². The van der Waals surface area contributed by atoms with Crippen molar-refractivity contribution in [2.45, 2.75) is 20.0 Å². The number of carbonyl (C=O) groups excluding carboxylic acids is 2. The maximum absolute atomic E-state index is 14.1. The van der Waals surface area contributed by atoms with Gasteiger partial charge in [0.2, 0.25) is 11.5 Å². The first kappa shape index (κ1) is 31.7. The van der Waals surface area contributed by atoms with Gasteiger partial charge in [0.15, 0.2) is 46.1 Å². The third kappa shape index (κ3) is 6.71. The Kier molecular flexibility index (Phi) is 10.7. The maximum Gasteiger partial charge on any atom is 0.203 e. The van der Waals surface area contributed by atoms with Crippen LogP contribution in [0.4, 0.5) is 0 Å². The number of allylic oxidation sites excluding steroid dienone is 1. The van der Waals surface area contributed by atoms with Crippen LogP contribution in [0.2, 0.25) is 0 Å². The molecule has 0 aromatic heterocycles. The summed E-state index contributed by atoms with van der Waals surface area (Å²) in [7, 11) is 10.2. The summed E-state index contributed by atoms with van der Waals surface area (Å²) in [6.07, 6.45) is 1.35. The molecule has 0 saturated heterocycles. The van der Waals surface area contributed by atoms with Crippen LogP contribution < -0.4 is 37.9 Å². The molecule has 0 aliphatic rings. The summed E-state index contributed by atoms with van der Waals surface area (Å²) in [5, 5.41) is 0. The molecule has 3 rings (SSSR count). The summed E-state index contributed by atoms with van der Waals surface area (Å²) in [5.41, 5.74) is 0.662. The molecule has 0 saturated carbocycles. The van der Waals surface area contributed by atoms with Crippen molar-refractivity contribution in [3.63, 3.8) is 0 Å². The first-order valence-corrected chi connectivity index (χ1v) is 12.9. The van der Waals surface area contributed by atoms with E-state index in [4.69, 9.17) is 37.9 Å². The Bertz CT molecular complexity index is 1340. The Balaban J connectivity index is 2.28. The van der Waals surface area contributed by atoms with Crippen molar-refractivity contribution in [2.24, 2.45) is 0 Å². The molecule has 0 radical (unpaired) electrons. The normalized spacial score (nSPS) is 10.4. The van der Waals surface area contributed by atoms with E-state index in [-0.39, 0.29) is 45.8 Å². The molecule has 42 heavy (non-hydrogen) atoms. The molecule has 224 valence electrons. The van der Waals surface area contributed by atoms with Crippen molar-refractivity contribution in [3.05, 3.63) is 64.7 Å². The summed E-state index contributed by atoms with van der Waals surface area (Å²) in [5.74, 6) is 1.45. The van der Waals surface area contributed by atoms with E-state index in [1.165, 1.54) is 80.1 Å². The minimum absolute atomic E-state index is 0.140. The second-order valence-electron chi connectivity index (χ2n) is 9.12. The molecule has 10 nitrogen and oxygen atoms in total. The lowest BCUT2D eigenvalue weighted by atomic mass is 9.93. The van der Waals surface area contributed by atoms with E-state index in [0.29, 0.717) is 28.6 Å². The number of Topliss-reactive ketones (excluding diaryl/α,β-unsaturated/α-hetero) is 2. The number of carbonyl (C=O) groups is 2. The van der Waals surface area contributed by atoms with Gasteiger partial charge in [0.05, 0.1) is 61.4 Å². The van der Waals surface area contributed by atoms with E-state index in [2.05, 4.69) is 0 Å². The van der Waals surface area contributed by atoms with Crippen LogP contribution in [0.25, 0.3) is 6.08 Å². The molecule has 0 atom stereocenters. The highest BCUT2D eigenvalue weighted by Gasteiger charge is 2.27. The van der Waals surface area contributed by atoms with Gasteiger partial charge in [-0.2, -0.15) is 0 Å². The molecule has 3 aromatic rings. The van der Waals surface area contributed by atoms with Crippen molar-refractivity contribution < 1.29 is 47.5 Å². The lowest BCUT2D eigenvalue weighted by Gasteiger charge is -2.16. The first-order chi connectivity index (χ1) is 20.1. The smallest absolute Gasteiger partial charge is 0.203 e. The number of ether oxygens (including phenoxy) is 8. The maximum atomic E-state index is 14.1. The summed E-state index contributed by atoms with van der Waals surface area (Å²) >= 11 is 0. The Morgan fingerprint density at radius 1 is 0.548 bits per heavy atom. The van der Waals surface area contributed by atoms with Gasteiger partial charge in [-0.05, 0) is 61.9 Å². The predicted octanol–water partition coefficient (Wildman–Crippen LogP) is 5.68. The van der Waals surface area contributed by atoms with Crippen LogP contribution in [0.5, 0.6) is 46.0 Å². The van der Waals surface area contributed by atoms with Gasteiger partial charge in [-0.25, -0.2) is 0 Å². The SMILES string of the molecule is COc1ccc(C=C(C(=O)c2cc(OC)c(OC)c(OC)c2)C(=O)c2cc(OC)c(OC)c(OC)c2)cc1OC(C)C. The van der Waals surface area contributed by atoms with Crippen LogP contribution in [-0.4, -0.2) is 67.4 Å². The van der Waals surface area contributed by atoms with Gasteiger partial charge in [0, 0.05) is 11.1 Å². The first-order valence-electron chi connectivity index (χ1n) is 12.9. The third-order valence-corrected chi connectivity index (χ3v) is 6.20. The fraction of sp³-hybridized carbons (Fsp3) is 0.312. The van der Waals surface area contributed by atoms with Gasteiger partial charge in [0.1, 0.15) is 0 Å². The quantitative estimate of drug-likeness (QED) is 0.102. The van der Waals surface area contributed by atoms with Crippen LogP contribution >= 0.6 is 0 Å². The van der Waals surface area contributed by atoms with Crippen molar-refractivity contribution in [2.75, 3.05) is 49.8 Å². The van der Waals surface area contributed by atoms with Crippen LogP contribution in [0, 0.1) is 0 Å². The van der Waals surface area contributed by atoms with Crippen LogP contribution in [0.15, 0.2) is 48.0 Å². The average Bonchev–Trinajstić information content (AvgIpc) is 3.01. The molecule has 0 unspecified atom stereocenters. The lowest BCUT2D eigenvalue weighted by molar-refractivity contribution is 0.0963. The van der Waals surface area contributed by atoms with Crippen LogP contribution in [-0.2, 0) is 0 Å². The molecule has 0 amide bonds. The fourth-order valence-electron chi connectivity index (χ4n) is 4.27. The minimum Gasteiger partial charge on any atom is -0.493 e. The van der Waals surface area contributed by atoms with Gasteiger partial charge in [0.25, 0.3) is 0 Å². The minimum atomic E-state index is -0.588. The number of ketones is 2. The molecule has 0 aliphatic heterocycles. The van der Waals surface area contributed by atoms with Crippen molar-refractivity contribution in [3.8, 4) is 46.0 Å². The number of methoxy groups -OCH3 is 7. The summed E-state index contributed by atoms with van der Waals surface area (Å²) in [6.45, 7) is 3.77. The zero-order chi connectivity index (χ0) is 31.0. The molecule has 3 aromatic carbocycles. The third-order valence-electron chi connectivity index (χ3n) is 6.20. The Morgan fingerprint density at radius 2 is 0.952 bits per heavy atom. The Hall–Kier alpha value is -4.86. The van der Waals surface area contributed by atoms with Crippen LogP contribution in [0.1, 0.15) is 40.1 Å². The number of benzene rings is 3. The largest absolute Gasteiger partial charge is 0.493 e. The molecule has 0 heterocycles.